The Kier molecular flexibility index (Phi) is 8.51. The Balaban J connectivity index is 1.34. The second-order valence-electron chi connectivity index (χ2n) is 8.77. The van der Waals surface area contributed by atoms with Crippen LogP contribution in [0.3, 0.4) is 0 Å². The number of hydrogen-bond donors (Lipinski definition) is 1. The fourth-order valence-electron chi connectivity index (χ4n) is 4.16. The average Bonchev–Trinajstić information content (AvgIpc) is 2.90. The quantitative estimate of drug-likeness (QED) is 0.379. The van der Waals surface area contributed by atoms with Crippen molar-refractivity contribution >= 4 is 23.2 Å². The molecule has 0 saturated heterocycles. The lowest BCUT2D eigenvalue weighted by Gasteiger charge is -2.30. The number of carbonyl (C=O) groups is 2. The van der Waals surface area contributed by atoms with Gasteiger partial charge in [-0.25, -0.2) is 0 Å². The molecule has 0 radical (unpaired) electrons. The monoisotopic (exact) mass is 504 g/mol. The molecule has 4 rings (SSSR count). The van der Waals surface area contributed by atoms with Gasteiger partial charge < -0.3 is 29.2 Å². The van der Waals surface area contributed by atoms with Crippen molar-refractivity contribution in [3.05, 3.63) is 71.8 Å². The number of nitrogens with one attached hydrogen (secondary N) is 1. The molecule has 0 saturated carbocycles. The molecule has 0 spiro atoms. The van der Waals surface area contributed by atoms with Gasteiger partial charge in [-0.2, -0.15) is 0 Å². The number of nitrogens with zero attached hydrogens (tertiary/aromatic N) is 1. The summed E-state index contributed by atoms with van der Waals surface area (Å²) in [4.78, 5) is 27.0. The number of methoxy groups -OCH3 is 2. The van der Waals surface area contributed by atoms with E-state index >= 15 is 0 Å². The van der Waals surface area contributed by atoms with E-state index in [0.29, 0.717) is 61.0 Å². The first kappa shape index (κ1) is 25.9. The second kappa shape index (κ2) is 12.2. The molecule has 1 aliphatic rings. The molecular weight excluding hydrogens is 472 g/mol. The van der Waals surface area contributed by atoms with Crippen LogP contribution in [0.4, 0.5) is 11.4 Å². The van der Waals surface area contributed by atoms with Crippen molar-refractivity contribution in [2.24, 2.45) is 0 Å². The van der Waals surface area contributed by atoms with Crippen molar-refractivity contribution in [2.75, 3.05) is 44.2 Å². The van der Waals surface area contributed by atoms with Crippen molar-refractivity contribution < 1.29 is 28.5 Å². The summed E-state index contributed by atoms with van der Waals surface area (Å²) in [6, 6.07) is 18.8. The summed E-state index contributed by atoms with van der Waals surface area (Å²) in [5.41, 5.74) is 3.35. The van der Waals surface area contributed by atoms with Crippen molar-refractivity contribution in [1.82, 2.24) is 0 Å². The summed E-state index contributed by atoms with van der Waals surface area (Å²) in [6.45, 7) is 2.97. The zero-order valence-corrected chi connectivity index (χ0v) is 21.4. The third kappa shape index (κ3) is 6.73. The van der Waals surface area contributed by atoms with Crippen LogP contribution in [-0.2, 0) is 16.0 Å². The topological polar surface area (TPSA) is 86.3 Å². The molecule has 3 aromatic carbocycles. The molecule has 0 bridgehead atoms. The molecule has 1 N–H and O–H groups in total. The summed E-state index contributed by atoms with van der Waals surface area (Å²) in [6.07, 6.45) is 1.49. The lowest BCUT2D eigenvalue weighted by molar-refractivity contribution is -0.121. The molecule has 1 heterocycles. The van der Waals surface area contributed by atoms with E-state index in [2.05, 4.69) is 5.32 Å². The summed E-state index contributed by atoms with van der Waals surface area (Å²) < 4.78 is 22.0. The van der Waals surface area contributed by atoms with E-state index < -0.39 is 0 Å². The zero-order valence-electron chi connectivity index (χ0n) is 21.4. The maximum atomic E-state index is 12.7. The second-order valence-corrected chi connectivity index (χ2v) is 8.77. The van der Waals surface area contributed by atoms with Gasteiger partial charge in [-0.15, -0.1) is 0 Å². The van der Waals surface area contributed by atoms with Gasteiger partial charge in [0, 0.05) is 18.7 Å². The van der Waals surface area contributed by atoms with Crippen LogP contribution in [-0.4, -0.2) is 45.8 Å². The van der Waals surface area contributed by atoms with E-state index in [4.69, 9.17) is 18.9 Å². The van der Waals surface area contributed by atoms with Crippen molar-refractivity contribution in [2.45, 2.75) is 26.2 Å². The summed E-state index contributed by atoms with van der Waals surface area (Å²) >= 11 is 0. The number of rotatable bonds is 11. The van der Waals surface area contributed by atoms with Crippen LogP contribution in [0.5, 0.6) is 23.0 Å². The number of anilines is 2. The minimum absolute atomic E-state index is 0.0111. The first-order chi connectivity index (χ1) is 18.0. The van der Waals surface area contributed by atoms with Gasteiger partial charge in [-0.1, -0.05) is 18.2 Å². The number of carbonyl (C=O) groups excluding carboxylic acids is 2. The highest BCUT2D eigenvalue weighted by atomic mass is 16.5. The molecule has 0 aliphatic carbocycles. The standard InChI is InChI=1S/C29H32N2O6/c1-20-6-4-7-23(16-20)36-15-5-14-31-24-18-22(10-12-25(24)37-19-29(31)33)30-28(32)13-9-21-8-11-26(34-2)27(17-21)35-3/h4,6-8,10-12,16-18H,5,9,13-15,19H2,1-3H3,(H,30,32). The van der Waals surface area contributed by atoms with Crippen molar-refractivity contribution in [3.8, 4) is 23.0 Å². The number of fused-ring (bicyclic) bond motifs is 1. The molecule has 8 nitrogen and oxygen atoms in total. The van der Waals surface area contributed by atoms with Gasteiger partial charge in [0.05, 0.1) is 26.5 Å². The van der Waals surface area contributed by atoms with Crippen molar-refractivity contribution in [1.29, 1.82) is 0 Å². The SMILES string of the molecule is COc1ccc(CCC(=O)Nc2ccc3c(c2)N(CCCOc2cccc(C)c2)C(=O)CO3)cc1OC. The zero-order chi connectivity index (χ0) is 26.2. The Bertz CT molecular complexity index is 1260. The first-order valence-corrected chi connectivity index (χ1v) is 12.2. The number of ether oxygens (including phenoxy) is 4. The van der Waals surface area contributed by atoms with Gasteiger partial charge >= 0.3 is 0 Å². The predicted molar refractivity (Wildman–Crippen MR) is 142 cm³/mol. The fourth-order valence-corrected chi connectivity index (χ4v) is 4.16. The Morgan fingerprint density at radius 2 is 1.86 bits per heavy atom. The highest BCUT2D eigenvalue weighted by molar-refractivity contribution is 5.99. The number of aryl methyl sites for hydroxylation is 2. The maximum Gasteiger partial charge on any atom is 0.265 e. The van der Waals surface area contributed by atoms with E-state index in [-0.39, 0.29) is 18.4 Å². The minimum atomic E-state index is -0.129. The smallest absolute Gasteiger partial charge is 0.265 e. The largest absolute Gasteiger partial charge is 0.494 e. The van der Waals surface area contributed by atoms with Gasteiger partial charge in [0.15, 0.2) is 18.1 Å². The van der Waals surface area contributed by atoms with Gasteiger partial charge in [0.2, 0.25) is 5.91 Å². The highest BCUT2D eigenvalue weighted by Crippen LogP contribution is 2.35. The highest BCUT2D eigenvalue weighted by Gasteiger charge is 2.25. The molecule has 0 aromatic heterocycles. The van der Waals surface area contributed by atoms with Crippen LogP contribution in [0, 0.1) is 6.92 Å². The third-order valence-electron chi connectivity index (χ3n) is 6.06. The van der Waals surface area contributed by atoms with Crippen LogP contribution in [0.15, 0.2) is 60.7 Å². The molecule has 0 fully saturated rings. The van der Waals surface area contributed by atoms with Crippen LogP contribution < -0.4 is 29.2 Å². The number of amides is 2. The third-order valence-corrected chi connectivity index (χ3v) is 6.06. The van der Waals surface area contributed by atoms with E-state index in [9.17, 15) is 9.59 Å². The van der Waals surface area contributed by atoms with Gasteiger partial charge in [-0.05, 0) is 73.4 Å². The Morgan fingerprint density at radius 3 is 2.65 bits per heavy atom. The van der Waals surface area contributed by atoms with Gasteiger partial charge in [0.25, 0.3) is 5.91 Å². The van der Waals surface area contributed by atoms with Crippen LogP contribution >= 0.6 is 0 Å². The van der Waals surface area contributed by atoms with Gasteiger partial charge in [0.1, 0.15) is 11.5 Å². The molecule has 0 unspecified atom stereocenters. The number of hydrogen-bond acceptors (Lipinski definition) is 6. The van der Waals surface area contributed by atoms with Crippen molar-refractivity contribution in [3.63, 3.8) is 0 Å². The summed E-state index contributed by atoms with van der Waals surface area (Å²) in [7, 11) is 3.17. The fraction of sp³-hybridized carbons (Fsp3) is 0.310. The molecule has 194 valence electrons. The Labute approximate surface area is 217 Å². The molecular formula is C29H32N2O6. The number of benzene rings is 3. The molecule has 2 amide bonds. The van der Waals surface area contributed by atoms with Crippen LogP contribution in [0.25, 0.3) is 0 Å². The van der Waals surface area contributed by atoms with E-state index in [1.165, 1.54) is 0 Å². The average molecular weight is 505 g/mol. The Hall–Kier alpha value is -4.20. The molecule has 0 atom stereocenters. The Morgan fingerprint density at radius 1 is 1.03 bits per heavy atom. The minimum Gasteiger partial charge on any atom is -0.494 e. The first-order valence-electron chi connectivity index (χ1n) is 12.2. The summed E-state index contributed by atoms with van der Waals surface area (Å²) in [5.74, 6) is 2.45. The normalized spacial score (nSPS) is 12.4. The van der Waals surface area contributed by atoms with E-state index in [1.54, 1.807) is 37.3 Å². The molecule has 8 heteroatoms. The van der Waals surface area contributed by atoms with Gasteiger partial charge in [-0.3, -0.25) is 9.59 Å². The van der Waals surface area contributed by atoms with E-state index in [0.717, 1.165) is 16.9 Å². The van der Waals surface area contributed by atoms with Crippen LogP contribution in [0.2, 0.25) is 0 Å². The predicted octanol–water partition coefficient (Wildman–Crippen LogP) is 4.78. The molecule has 37 heavy (non-hydrogen) atoms. The summed E-state index contributed by atoms with van der Waals surface area (Å²) in [5, 5.41) is 2.93. The lowest BCUT2D eigenvalue weighted by atomic mass is 10.1. The van der Waals surface area contributed by atoms with Crippen LogP contribution in [0.1, 0.15) is 24.0 Å². The molecule has 1 aliphatic heterocycles. The lowest BCUT2D eigenvalue weighted by Crippen LogP contribution is -2.39. The maximum absolute atomic E-state index is 12.7. The van der Waals surface area contributed by atoms with E-state index in [1.807, 2.05) is 49.4 Å². The molecule has 3 aromatic rings.